The summed E-state index contributed by atoms with van der Waals surface area (Å²) in [4.78, 5) is 40.0. The number of hydrazone groups is 1. The SMILES string of the molecule is O=C1CCC(=O)N1OC(=O)C(C1=NN1)(c1ccccc1)C(F)(F)F. The Morgan fingerprint density at radius 2 is 1.67 bits per heavy atom. The van der Waals surface area contributed by atoms with E-state index in [1.807, 2.05) is 5.43 Å². The van der Waals surface area contributed by atoms with Crippen molar-refractivity contribution in [2.24, 2.45) is 5.10 Å². The third-order valence-corrected chi connectivity index (χ3v) is 3.70. The molecule has 24 heavy (non-hydrogen) atoms. The van der Waals surface area contributed by atoms with E-state index in [9.17, 15) is 27.6 Å². The highest BCUT2D eigenvalue weighted by Crippen LogP contribution is 2.45. The number of halogens is 3. The molecule has 0 saturated carbocycles. The van der Waals surface area contributed by atoms with E-state index in [2.05, 4.69) is 9.94 Å². The van der Waals surface area contributed by atoms with Crippen molar-refractivity contribution in [1.29, 1.82) is 0 Å². The van der Waals surface area contributed by atoms with Crippen molar-refractivity contribution in [2.45, 2.75) is 24.4 Å². The monoisotopic (exact) mass is 341 g/mol. The van der Waals surface area contributed by atoms with Crippen LogP contribution in [0, 0.1) is 0 Å². The molecule has 2 heterocycles. The highest BCUT2D eigenvalue weighted by Gasteiger charge is 2.70. The number of hydroxylamine groups is 2. The molecule has 0 aliphatic carbocycles. The van der Waals surface area contributed by atoms with Gasteiger partial charge in [0.25, 0.3) is 17.2 Å². The molecule has 0 spiro atoms. The summed E-state index contributed by atoms with van der Waals surface area (Å²) in [6.45, 7) is 0. The largest absolute Gasteiger partial charge is 0.416 e. The zero-order chi connectivity index (χ0) is 17.5. The lowest BCUT2D eigenvalue weighted by atomic mass is 9.79. The number of nitrogens with one attached hydrogen (secondary N) is 1. The minimum absolute atomic E-state index is 0.0781. The van der Waals surface area contributed by atoms with Crippen LogP contribution in [0.2, 0.25) is 0 Å². The van der Waals surface area contributed by atoms with Crippen LogP contribution in [0.5, 0.6) is 0 Å². The van der Waals surface area contributed by atoms with Crippen LogP contribution >= 0.6 is 0 Å². The van der Waals surface area contributed by atoms with E-state index in [1.165, 1.54) is 18.2 Å². The number of rotatable bonds is 4. The van der Waals surface area contributed by atoms with Crippen LogP contribution in [0.25, 0.3) is 0 Å². The number of hydrogen-bond donors (Lipinski definition) is 1. The topological polar surface area (TPSA) is 98.0 Å². The van der Waals surface area contributed by atoms with E-state index in [0.717, 1.165) is 12.1 Å². The lowest BCUT2D eigenvalue weighted by Gasteiger charge is -2.30. The Balaban J connectivity index is 2.05. The van der Waals surface area contributed by atoms with E-state index in [0.29, 0.717) is 0 Å². The summed E-state index contributed by atoms with van der Waals surface area (Å²) in [7, 11) is 0. The fourth-order valence-corrected chi connectivity index (χ4v) is 2.46. The molecular formula is C14H10F3N3O4. The molecule has 1 fully saturated rings. The third-order valence-electron chi connectivity index (χ3n) is 3.70. The second kappa shape index (κ2) is 5.32. The molecule has 1 aromatic rings. The second-order valence-electron chi connectivity index (χ2n) is 5.15. The van der Waals surface area contributed by atoms with Gasteiger partial charge >= 0.3 is 12.1 Å². The number of hydrogen-bond acceptors (Lipinski definition) is 6. The van der Waals surface area contributed by atoms with Crippen LogP contribution in [0.4, 0.5) is 13.2 Å². The van der Waals surface area contributed by atoms with E-state index in [1.54, 1.807) is 0 Å². The normalized spacial score (nSPS) is 19.5. The molecule has 1 atom stereocenters. The van der Waals surface area contributed by atoms with Crippen LogP contribution in [-0.2, 0) is 24.6 Å². The van der Waals surface area contributed by atoms with Crippen molar-refractivity contribution in [2.75, 3.05) is 0 Å². The van der Waals surface area contributed by atoms with Gasteiger partial charge in [0.1, 0.15) is 0 Å². The number of amides is 2. The Labute approximate surface area is 133 Å². The highest BCUT2D eigenvalue weighted by atomic mass is 19.4. The summed E-state index contributed by atoms with van der Waals surface area (Å²) in [6.07, 6.45) is -5.56. The number of carbonyl (C=O) groups excluding carboxylic acids is 3. The first-order valence-corrected chi connectivity index (χ1v) is 6.83. The predicted octanol–water partition coefficient (Wildman–Crippen LogP) is 1.01. The third kappa shape index (κ3) is 2.30. The average Bonchev–Trinajstić information content (AvgIpc) is 3.30. The summed E-state index contributed by atoms with van der Waals surface area (Å²) in [5.74, 6) is -4.23. The van der Waals surface area contributed by atoms with Crippen LogP contribution in [0.15, 0.2) is 35.4 Å². The number of alkyl halides is 3. The summed E-state index contributed by atoms with van der Waals surface area (Å²) in [5.41, 5.74) is -1.64. The molecule has 10 heteroatoms. The molecule has 2 aliphatic heterocycles. The summed E-state index contributed by atoms with van der Waals surface area (Å²) < 4.78 is 41.6. The maximum absolute atomic E-state index is 13.9. The first kappa shape index (κ1) is 16.0. The number of carbonyl (C=O) groups is 3. The van der Waals surface area contributed by atoms with Crippen molar-refractivity contribution in [3.8, 4) is 0 Å². The fraction of sp³-hybridized carbons (Fsp3) is 0.286. The zero-order valence-electron chi connectivity index (χ0n) is 12.0. The first-order valence-electron chi connectivity index (χ1n) is 6.83. The average molecular weight is 341 g/mol. The van der Waals surface area contributed by atoms with Crippen molar-refractivity contribution in [3.63, 3.8) is 0 Å². The molecule has 7 nitrogen and oxygen atoms in total. The number of nitrogens with zero attached hydrogens (tertiary/aromatic N) is 2. The number of benzene rings is 1. The molecule has 0 aromatic heterocycles. The van der Waals surface area contributed by atoms with Gasteiger partial charge in [-0.05, 0) is 5.56 Å². The van der Waals surface area contributed by atoms with Crippen LogP contribution in [0.1, 0.15) is 18.4 Å². The summed E-state index contributed by atoms with van der Waals surface area (Å²) >= 11 is 0. The lowest BCUT2D eigenvalue weighted by molar-refractivity contribution is -0.222. The van der Waals surface area contributed by atoms with Crippen molar-refractivity contribution in [3.05, 3.63) is 35.9 Å². The van der Waals surface area contributed by atoms with Crippen LogP contribution < -0.4 is 5.43 Å². The van der Waals surface area contributed by atoms with Gasteiger partial charge in [0.05, 0.1) is 0 Å². The van der Waals surface area contributed by atoms with Gasteiger partial charge in [-0.2, -0.15) is 18.3 Å². The quantitative estimate of drug-likeness (QED) is 0.824. The van der Waals surface area contributed by atoms with Crippen molar-refractivity contribution < 1.29 is 32.4 Å². The van der Waals surface area contributed by atoms with Gasteiger partial charge in [-0.15, -0.1) is 5.06 Å². The minimum Gasteiger partial charge on any atom is -0.328 e. The number of imide groups is 1. The Bertz CT molecular complexity index is 731. The van der Waals surface area contributed by atoms with Gasteiger partial charge in [0.2, 0.25) is 0 Å². The molecule has 1 N–H and O–H groups in total. The van der Waals surface area contributed by atoms with Gasteiger partial charge in [0, 0.05) is 12.8 Å². The Hall–Kier alpha value is -2.91. The van der Waals surface area contributed by atoms with Gasteiger partial charge in [-0.1, -0.05) is 30.3 Å². The molecule has 1 unspecified atom stereocenters. The van der Waals surface area contributed by atoms with Crippen LogP contribution in [0.3, 0.4) is 0 Å². The minimum atomic E-state index is -5.11. The molecule has 0 radical (unpaired) electrons. The molecular weight excluding hydrogens is 331 g/mol. The lowest BCUT2D eigenvalue weighted by Crippen LogP contribution is -2.56. The van der Waals surface area contributed by atoms with Gasteiger partial charge < -0.3 is 4.84 Å². The number of amidine groups is 1. The van der Waals surface area contributed by atoms with E-state index < -0.39 is 40.8 Å². The van der Waals surface area contributed by atoms with Gasteiger partial charge in [-0.25, -0.2) is 4.79 Å². The smallest absolute Gasteiger partial charge is 0.328 e. The summed E-state index contributed by atoms with van der Waals surface area (Å²) in [5, 5.41) is 3.39. The summed E-state index contributed by atoms with van der Waals surface area (Å²) in [6, 6.07) is 6.29. The first-order chi connectivity index (χ1) is 11.3. The standard InChI is InChI=1S/C14H10F3N3O4/c15-14(16,17)13(11-18-19-11,8-4-2-1-3-5-8)12(23)24-20-9(21)6-7-10(20)22/h1-5H,6-7H2,(H,18,19). The van der Waals surface area contributed by atoms with Crippen molar-refractivity contribution in [1.82, 2.24) is 10.5 Å². The maximum Gasteiger partial charge on any atom is 0.416 e. The van der Waals surface area contributed by atoms with Gasteiger partial charge in [0.15, 0.2) is 5.84 Å². The van der Waals surface area contributed by atoms with E-state index in [-0.39, 0.29) is 17.9 Å². The van der Waals surface area contributed by atoms with Crippen molar-refractivity contribution >= 4 is 23.6 Å². The molecule has 0 bridgehead atoms. The van der Waals surface area contributed by atoms with Gasteiger partial charge in [-0.3, -0.25) is 15.0 Å². The zero-order valence-corrected chi connectivity index (χ0v) is 12.0. The fourth-order valence-electron chi connectivity index (χ4n) is 2.46. The van der Waals surface area contributed by atoms with E-state index in [4.69, 9.17) is 0 Å². The van der Waals surface area contributed by atoms with Crippen LogP contribution in [-0.4, -0.2) is 34.9 Å². The molecule has 3 rings (SSSR count). The Morgan fingerprint density at radius 3 is 2.12 bits per heavy atom. The molecule has 2 aliphatic rings. The highest BCUT2D eigenvalue weighted by molar-refractivity contribution is 6.17. The van der Waals surface area contributed by atoms with E-state index >= 15 is 0 Å². The second-order valence-corrected chi connectivity index (χ2v) is 5.15. The molecule has 1 saturated heterocycles. The molecule has 1 aromatic carbocycles. The predicted molar refractivity (Wildman–Crippen MR) is 71.9 cm³/mol. The Morgan fingerprint density at radius 1 is 1.12 bits per heavy atom. The Kier molecular flexibility index (Phi) is 3.54. The maximum atomic E-state index is 13.9. The molecule has 2 amide bonds. The molecule has 126 valence electrons.